The number of nitrogens with zero attached hydrogens (tertiary/aromatic N) is 2. The third-order valence-electron chi connectivity index (χ3n) is 3.42. The SMILES string of the molecule is O=C(NCCn1c(=O)[nH]c2ncccc2c1=O)c1ccc(=O)[nH]c1. The summed E-state index contributed by atoms with van der Waals surface area (Å²) in [5, 5.41) is 2.88. The van der Waals surface area contributed by atoms with Gasteiger partial charge in [-0.05, 0) is 18.2 Å². The average molecular weight is 327 g/mol. The third kappa shape index (κ3) is 3.00. The molecule has 1 amide bonds. The van der Waals surface area contributed by atoms with Gasteiger partial charge in [0.25, 0.3) is 11.5 Å². The molecule has 0 aliphatic carbocycles. The van der Waals surface area contributed by atoms with Gasteiger partial charge in [0, 0.05) is 31.5 Å². The first-order valence-corrected chi connectivity index (χ1v) is 7.11. The van der Waals surface area contributed by atoms with E-state index in [-0.39, 0.29) is 29.9 Å². The molecule has 0 unspecified atom stereocenters. The van der Waals surface area contributed by atoms with Crippen LogP contribution < -0.4 is 22.1 Å². The standard InChI is InChI=1S/C15H13N5O4/c21-11-4-3-9(8-18-11)13(22)17-6-7-20-14(23)10-2-1-5-16-12(10)19-15(20)24/h1-5,8H,6-7H2,(H,17,22)(H,18,21)(H,16,19,24). The maximum Gasteiger partial charge on any atom is 0.330 e. The van der Waals surface area contributed by atoms with Crippen molar-refractivity contribution >= 4 is 16.9 Å². The van der Waals surface area contributed by atoms with Crippen molar-refractivity contribution in [3.8, 4) is 0 Å². The molecule has 9 heteroatoms. The largest absolute Gasteiger partial charge is 0.350 e. The number of nitrogens with one attached hydrogen (secondary N) is 3. The predicted molar refractivity (Wildman–Crippen MR) is 86.0 cm³/mol. The van der Waals surface area contributed by atoms with E-state index in [4.69, 9.17) is 0 Å². The fourth-order valence-electron chi connectivity index (χ4n) is 2.22. The zero-order chi connectivity index (χ0) is 17.1. The molecule has 0 aliphatic heterocycles. The normalized spacial score (nSPS) is 10.7. The van der Waals surface area contributed by atoms with Gasteiger partial charge in [-0.2, -0.15) is 0 Å². The zero-order valence-corrected chi connectivity index (χ0v) is 12.4. The van der Waals surface area contributed by atoms with E-state index >= 15 is 0 Å². The van der Waals surface area contributed by atoms with Crippen LogP contribution in [0.3, 0.4) is 0 Å². The lowest BCUT2D eigenvalue weighted by Crippen LogP contribution is -2.39. The van der Waals surface area contributed by atoms with Crippen LogP contribution in [0.5, 0.6) is 0 Å². The molecule has 3 heterocycles. The summed E-state index contributed by atoms with van der Waals surface area (Å²) in [5.41, 5.74) is -0.876. The Balaban J connectivity index is 1.75. The van der Waals surface area contributed by atoms with Crippen LogP contribution in [0.1, 0.15) is 10.4 Å². The van der Waals surface area contributed by atoms with Crippen molar-refractivity contribution in [2.75, 3.05) is 6.54 Å². The molecule has 0 saturated carbocycles. The number of aromatic amines is 2. The summed E-state index contributed by atoms with van der Waals surface area (Å²) in [6, 6.07) is 5.79. The molecule has 0 fully saturated rings. The number of rotatable bonds is 4. The molecule has 0 radical (unpaired) electrons. The molecule has 0 bridgehead atoms. The number of pyridine rings is 2. The minimum Gasteiger partial charge on any atom is -0.350 e. The quantitative estimate of drug-likeness (QED) is 0.578. The minimum absolute atomic E-state index is 0.00803. The second-order valence-corrected chi connectivity index (χ2v) is 4.98. The molecule has 3 aromatic rings. The summed E-state index contributed by atoms with van der Waals surface area (Å²) in [6.07, 6.45) is 2.77. The summed E-state index contributed by atoms with van der Waals surface area (Å²) in [5.74, 6) is -0.418. The maximum absolute atomic E-state index is 12.3. The zero-order valence-electron chi connectivity index (χ0n) is 12.4. The molecule has 0 atom stereocenters. The van der Waals surface area contributed by atoms with Crippen molar-refractivity contribution in [2.45, 2.75) is 6.54 Å². The van der Waals surface area contributed by atoms with Gasteiger partial charge in [0.1, 0.15) is 5.65 Å². The molecule has 0 aromatic carbocycles. The fraction of sp³-hybridized carbons (Fsp3) is 0.133. The van der Waals surface area contributed by atoms with Crippen LogP contribution in [0.15, 0.2) is 51.0 Å². The summed E-state index contributed by atoms with van der Waals surface area (Å²) in [4.78, 5) is 55.9. The van der Waals surface area contributed by atoms with Crippen LogP contribution >= 0.6 is 0 Å². The van der Waals surface area contributed by atoms with Crippen molar-refractivity contribution in [3.05, 3.63) is 73.4 Å². The smallest absolute Gasteiger partial charge is 0.330 e. The molecular weight excluding hydrogens is 314 g/mol. The minimum atomic E-state index is -0.593. The Hall–Kier alpha value is -3.49. The lowest BCUT2D eigenvalue weighted by molar-refractivity contribution is 0.0951. The predicted octanol–water partition coefficient (Wildman–Crippen LogP) is -0.797. The van der Waals surface area contributed by atoms with Crippen LogP contribution in [0.2, 0.25) is 0 Å². The van der Waals surface area contributed by atoms with E-state index in [1.807, 2.05) is 0 Å². The molecule has 122 valence electrons. The van der Waals surface area contributed by atoms with Crippen LogP contribution in [0.25, 0.3) is 11.0 Å². The van der Waals surface area contributed by atoms with E-state index in [2.05, 4.69) is 20.3 Å². The highest BCUT2D eigenvalue weighted by Gasteiger charge is 2.09. The van der Waals surface area contributed by atoms with Gasteiger partial charge in [-0.1, -0.05) is 0 Å². The Morgan fingerprint density at radius 3 is 2.79 bits per heavy atom. The van der Waals surface area contributed by atoms with Crippen LogP contribution in [0, 0.1) is 0 Å². The summed E-state index contributed by atoms with van der Waals surface area (Å²) in [7, 11) is 0. The van der Waals surface area contributed by atoms with Gasteiger partial charge in [0.05, 0.1) is 10.9 Å². The van der Waals surface area contributed by atoms with E-state index in [9.17, 15) is 19.2 Å². The van der Waals surface area contributed by atoms with Crippen LogP contribution in [-0.2, 0) is 6.54 Å². The maximum atomic E-state index is 12.3. The fourth-order valence-corrected chi connectivity index (χ4v) is 2.22. The van der Waals surface area contributed by atoms with Gasteiger partial charge in [0.2, 0.25) is 5.56 Å². The van der Waals surface area contributed by atoms with Crippen molar-refractivity contribution in [3.63, 3.8) is 0 Å². The first kappa shape index (κ1) is 15.4. The number of H-pyrrole nitrogens is 2. The highest BCUT2D eigenvalue weighted by molar-refractivity contribution is 5.93. The lowest BCUT2D eigenvalue weighted by Gasteiger charge is -2.07. The Morgan fingerprint density at radius 2 is 2.04 bits per heavy atom. The Labute approximate surface area is 134 Å². The van der Waals surface area contributed by atoms with Gasteiger partial charge in [-0.25, -0.2) is 9.78 Å². The summed E-state index contributed by atoms with van der Waals surface area (Å²) in [6.45, 7) is 0.0841. The number of carbonyl (C=O) groups is 1. The third-order valence-corrected chi connectivity index (χ3v) is 3.42. The van der Waals surface area contributed by atoms with E-state index in [0.717, 1.165) is 4.57 Å². The summed E-state index contributed by atoms with van der Waals surface area (Å²) < 4.78 is 0.997. The number of fused-ring (bicyclic) bond motifs is 1. The van der Waals surface area contributed by atoms with Crippen molar-refractivity contribution in [2.24, 2.45) is 0 Å². The number of hydrogen-bond donors (Lipinski definition) is 3. The van der Waals surface area contributed by atoms with Crippen molar-refractivity contribution < 1.29 is 4.79 Å². The van der Waals surface area contributed by atoms with Gasteiger partial charge < -0.3 is 10.3 Å². The highest BCUT2D eigenvalue weighted by Crippen LogP contribution is 1.98. The average Bonchev–Trinajstić information content (AvgIpc) is 2.58. The Kier molecular flexibility index (Phi) is 4.06. The van der Waals surface area contributed by atoms with Crippen molar-refractivity contribution in [1.82, 2.24) is 24.8 Å². The second-order valence-electron chi connectivity index (χ2n) is 4.98. The monoisotopic (exact) mass is 327 g/mol. The van der Waals surface area contributed by atoms with Gasteiger partial charge >= 0.3 is 5.69 Å². The second kappa shape index (κ2) is 6.32. The van der Waals surface area contributed by atoms with Crippen LogP contribution in [-0.4, -0.2) is 32.0 Å². The van der Waals surface area contributed by atoms with Gasteiger partial charge in [-0.15, -0.1) is 0 Å². The summed E-state index contributed by atoms with van der Waals surface area (Å²) >= 11 is 0. The first-order valence-electron chi connectivity index (χ1n) is 7.11. The molecule has 3 rings (SSSR count). The molecule has 0 aliphatic rings. The lowest BCUT2D eigenvalue weighted by atomic mass is 10.2. The molecular formula is C15H13N5O4. The highest BCUT2D eigenvalue weighted by atomic mass is 16.2. The van der Waals surface area contributed by atoms with Gasteiger partial charge in [0.15, 0.2) is 0 Å². The van der Waals surface area contributed by atoms with E-state index in [0.29, 0.717) is 5.39 Å². The topological polar surface area (TPSA) is 130 Å². The van der Waals surface area contributed by atoms with Crippen LogP contribution in [0.4, 0.5) is 0 Å². The van der Waals surface area contributed by atoms with Gasteiger partial charge in [-0.3, -0.25) is 23.9 Å². The molecule has 0 saturated heterocycles. The number of hydrogen-bond acceptors (Lipinski definition) is 5. The number of carbonyl (C=O) groups excluding carboxylic acids is 1. The van der Waals surface area contributed by atoms with Crippen molar-refractivity contribution in [1.29, 1.82) is 0 Å². The molecule has 24 heavy (non-hydrogen) atoms. The molecule has 3 N–H and O–H groups in total. The number of aromatic nitrogens is 4. The Bertz CT molecular complexity index is 1060. The molecule has 0 spiro atoms. The van der Waals surface area contributed by atoms with E-state index < -0.39 is 17.2 Å². The Morgan fingerprint density at radius 1 is 1.21 bits per heavy atom. The first-order chi connectivity index (χ1) is 11.6. The molecule has 3 aromatic heterocycles. The van der Waals surface area contributed by atoms with E-state index in [1.165, 1.54) is 24.5 Å². The molecule has 9 nitrogen and oxygen atoms in total. The number of amides is 1. The van der Waals surface area contributed by atoms with E-state index in [1.54, 1.807) is 12.1 Å².